The Balaban J connectivity index is 2.57. The minimum atomic E-state index is -0.381. The second kappa shape index (κ2) is 5.28. The average molecular weight is 212 g/mol. The van der Waals surface area contributed by atoms with Gasteiger partial charge in [0.25, 0.3) is 0 Å². The van der Waals surface area contributed by atoms with Crippen molar-refractivity contribution in [2.45, 2.75) is 32.8 Å². The Bertz CT molecular complexity index is 321. The predicted octanol–water partition coefficient (Wildman–Crippen LogP) is 0.977. The van der Waals surface area contributed by atoms with E-state index in [0.717, 1.165) is 18.5 Å². The molecule has 1 N–H and O–H groups in total. The van der Waals surface area contributed by atoms with Crippen molar-refractivity contribution in [3.05, 3.63) is 17.0 Å². The van der Waals surface area contributed by atoms with E-state index < -0.39 is 0 Å². The van der Waals surface area contributed by atoms with Crippen LogP contribution in [0.2, 0.25) is 0 Å². The highest BCUT2D eigenvalue weighted by atomic mass is 16.5. The zero-order valence-corrected chi connectivity index (χ0v) is 9.95. The number of aliphatic hydroxyl groups is 1. The maximum atomic E-state index is 9.55. The molecule has 4 heteroatoms. The normalized spacial score (nSPS) is 13.1. The number of nitrogens with zero attached hydrogens (tertiary/aromatic N) is 2. The van der Waals surface area contributed by atoms with Crippen LogP contribution in [0, 0.1) is 13.8 Å². The molecule has 0 saturated carbocycles. The third kappa shape index (κ3) is 3.04. The third-order valence-electron chi connectivity index (χ3n) is 2.75. The smallest absolute Gasteiger partial charge is 0.0776 e. The molecular formula is C11H20N2O2. The van der Waals surface area contributed by atoms with Gasteiger partial charge in [0.2, 0.25) is 0 Å². The minimum absolute atomic E-state index is 0.381. The number of aromatic nitrogens is 2. The lowest BCUT2D eigenvalue weighted by atomic mass is 10.1. The Morgan fingerprint density at radius 3 is 2.60 bits per heavy atom. The predicted molar refractivity (Wildman–Crippen MR) is 58.9 cm³/mol. The molecule has 0 aliphatic rings. The van der Waals surface area contributed by atoms with Crippen LogP contribution in [0.25, 0.3) is 0 Å². The summed E-state index contributed by atoms with van der Waals surface area (Å²) in [4.78, 5) is 0. The molecule has 0 saturated heterocycles. The number of rotatable bonds is 5. The van der Waals surface area contributed by atoms with Crippen LogP contribution in [-0.2, 0) is 18.2 Å². The highest BCUT2D eigenvalue weighted by molar-refractivity contribution is 5.24. The van der Waals surface area contributed by atoms with Crippen molar-refractivity contribution < 1.29 is 9.84 Å². The van der Waals surface area contributed by atoms with Crippen molar-refractivity contribution in [2.24, 2.45) is 7.05 Å². The van der Waals surface area contributed by atoms with E-state index in [0.29, 0.717) is 6.61 Å². The molecule has 1 unspecified atom stereocenters. The van der Waals surface area contributed by atoms with Crippen molar-refractivity contribution in [3.63, 3.8) is 0 Å². The SMILES string of the molecule is COCC(O)CCc1c(C)nn(C)c1C. The van der Waals surface area contributed by atoms with Gasteiger partial charge in [-0.15, -0.1) is 0 Å². The van der Waals surface area contributed by atoms with E-state index in [9.17, 15) is 5.11 Å². The van der Waals surface area contributed by atoms with E-state index in [2.05, 4.69) is 12.0 Å². The van der Waals surface area contributed by atoms with E-state index in [4.69, 9.17) is 4.74 Å². The lowest BCUT2D eigenvalue weighted by molar-refractivity contribution is 0.0595. The van der Waals surface area contributed by atoms with Gasteiger partial charge in [0.1, 0.15) is 0 Å². The Morgan fingerprint density at radius 2 is 2.13 bits per heavy atom. The molecule has 0 bridgehead atoms. The number of hydrogen-bond acceptors (Lipinski definition) is 3. The summed E-state index contributed by atoms with van der Waals surface area (Å²) < 4.78 is 6.77. The van der Waals surface area contributed by atoms with Crippen molar-refractivity contribution in [2.75, 3.05) is 13.7 Å². The molecule has 1 heterocycles. The first kappa shape index (κ1) is 12.2. The van der Waals surface area contributed by atoms with E-state index in [1.165, 1.54) is 11.3 Å². The first-order valence-corrected chi connectivity index (χ1v) is 5.22. The van der Waals surface area contributed by atoms with Crippen LogP contribution in [0.15, 0.2) is 0 Å². The molecule has 1 aromatic rings. The Labute approximate surface area is 90.9 Å². The second-order valence-corrected chi connectivity index (χ2v) is 3.92. The van der Waals surface area contributed by atoms with Gasteiger partial charge in [-0.2, -0.15) is 5.10 Å². The standard InChI is InChI=1S/C11H20N2O2/c1-8-11(9(2)13(3)12-8)6-5-10(14)7-15-4/h10,14H,5-7H2,1-4H3. The molecule has 0 aliphatic carbocycles. The molecule has 0 radical (unpaired) electrons. The summed E-state index contributed by atoms with van der Waals surface area (Å²) in [7, 11) is 3.54. The topological polar surface area (TPSA) is 47.3 Å². The Kier molecular flexibility index (Phi) is 4.29. The number of aryl methyl sites for hydroxylation is 2. The minimum Gasteiger partial charge on any atom is -0.391 e. The van der Waals surface area contributed by atoms with Gasteiger partial charge in [-0.25, -0.2) is 0 Å². The highest BCUT2D eigenvalue weighted by Gasteiger charge is 2.11. The monoisotopic (exact) mass is 212 g/mol. The van der Waals surface area contributed by atoms with E-state index >= 15 is 0 Å². The number of aliphatic hydroxyl groups excluding tert-OH is 1. The van der Waals surface area contributed by atoms with Crippen molar-refractivity contribution >= 4 is 0 Å². The molecule has 0 fully saturated rings. The summed E-state index contributed by atoms with van der Waals surface area (Å²) in [5.74, 6) is 0. The maximum Gasteiger partial charge on any atom is 0.0776 e. The third-order valence-corrected chi connectivity index (χ3v) is 2.75. The number of hydrogen-bond donors (Lipinski definition) is 1. The largest absolute Gasteiger partial charge is 0.391 e. The summed E-state index contributed by atoms with van der Waals surface area (Å²) in [6, 6.07) is 0. The zero-order valence-electron chi connectivity index (χ0n) is 9.95. The molecule has 4 nitrogen and oxygen atoms in total. The molecule has 0 aromatic carbocycles. The van der Waals surface area contributed by atoms with Crippen LogP contribution in [0.1, 0.15) is 23.4 Å². The summed E-state index contributed by atoms with van der Waals surface area (Å²) in [6.45, 7) is 4.46. The maximum absolute atomic E-state index is 9.55. The lowest BCUT2D eigenvalue weighted by Crippen LogP contribution is -2.15. The van der Waals surface area contributed by atoms with Crippen LogP contribution in [0.5, 0.6) is 0 Å². The Morgan fingerprint density at radius 1 is 1.47 bits per heavy atom. The number of methoxy groups -OCH3 is 1. The molecular weight excluding hydrogens is 192 g/mol. The van der Waals surface area contributed by atoms with E-state index in [-0.39, 0.29) is 6.10 Å². The highest BCUT2D eigenvalue weighted by Crippen LogP contribution is 2.14. The molecule has 0 amide bonds. The average Bonchev–Trinajstić information content (AvgIpc) is 2.40. The zero-order chi connectivity index (χ0) is 11.4. The van der Waals surface area contributed by atoms with Gasteiger partial charge in [-0.3, -0.25) is 4.68 Å². The fourth-order valence-electron chi connectivity index (χ4n) is 1.77. The van der Waals surface area contributed by atoms with Gasteiger partial charge in [0.05, 0.1) is 18.4 Å². The summed E-state index contributed by atoms with van der Waals surface area (Å²) in [5, 5.41) is 13.9. The molecule has 1 atom stereocenters. The van der Waals surface area contributed by atoms with Gasteiger partial charge < -0.3 is 9.84 Å². The molecule has 0 spiro atoms. The van der Waals surface area contributed by atoms with Crippen molar-refractivity contribution in [1.82, 2.24) is 9.78 Å². The van der Waals surface area contributed by atoms with Crippen molar-refractivity contribution in [3.8, 4) is 0 Å². The van der Waals surface area contributed by atoms with E-state index in [1.54, 1.807) is 7.11 Å². The first-order chi connectivity index (χ1) is 7.06. The number of ether oxygens (including phenoxy) is 1. The molecule has 1 rings (SSSR count). The molecule has 15 heavy (non-hydrogen) atoms. The van der Waals surface area contributed by atoms with E-state index in [1.807, 2.05) is 18.7 Å². The Hall–Kier alpha value is -0.870. The fourth-order valence-corrected chi connectivity index (χ4v) is 1.77. The van der Waals surface area contributed by atoms with Crippen LogP contribution < -0.4 is 0 Å². The summed E-state index contributed by atoms with van der Waals surface area (Å²) in [5.41, 5.74) is 3.48. The van der Waals surface area contributed by atoms with Crippen LogP contribution in [0.4, 0.5) is 0 Å². The van der Waals surface area contributed by atoms with Crippen LogP contribution >= 0.6 is 0 Å². The summed E-state index contributed by atoms with van der Waals surface area (Å²) >= 11 is 0. The fraction of sp³-hybridized carbons (Fsp3) is 0.727. The quantitative estimate of drug-likeness (QED) is 0.791. The van der Waals surface area contributed by atoms with Gasteiger partial charge >= 0.3 is 0 Å². The van der Waals surface area contributed by atoms with Gasteiger partial charge in [0.15, 0.2) is 0 Å². The molecule has 86 valence electrons. The molecule has 1 aromatic heterocycles. The summed E-state index contributed by atoms with van der Waals surface area (Å²) in [6.07, 6.45) is 1.20. The van der Waals surface area contributed by atoms with Crippen LogP contribution in [-0.4, -0.2) is 34.7 Å². The van der Waals surface area contributed by atoms with Gasteiger partial charge in [-0.1, -0.05) is 0 Å². The second-order valence-electron chi connectivity index (χ2n) is 3.92. The lowest BCUT2D eigenvalue weighted by Gasteiger charge is -2.09. The van der Waals surface area contributed by atoms with Crippen molar-refractivity contribution in [1.29, 1.82) is 0 Å². The first-order valence-electron chi connectivity index (χ1n) is 5.22. The van der Waals surface area contributed by atoms with Crippen LogP contribution in [0.3, 0.4) is 0 Å². The van der Waals surface area contributed by atoms with Gasteiger partial charge in [-0.05, 0) is 32.3 Å². The van der Waals surface area contributed by atoms with Gasteiger partial charge in [0, 0.05) is 19.9 Å². The molecule has 0 aliphatic heterocycles.